The van der Waals surface area contributed by atoms with Crippen LogP contribution in [0.3, 0.4) is 0 Å². The molecule has 0 spiro atoms. The number of nitrogens with two attached hydrogens (primary N) is 1. The van der Waals surface area contributed by atoms with Gasteiger partial charge in [0.15, 0.2) is 0 Å². The summed E-state index contributed by atoms with van der Waals surface area (Å²) in [5.74, 6) is 0. The molecule has 20 heavy (non-hydrogen) atoms. The fourth-order valence-corrected chi connectivity index (χ4v) is 2.82. The van der Waals surface area contributed by atoms with Crippen LogP contribution < -0.4 is 10.6 Å². The number of anilines is 1. The first kappa shape index (κ1) is 14.6. The van der Waals surface area contributed by atoms with Gasteiger partial charge in [0.05, 0.1) is 6.04 Å². The van der Waals surface area contributed by atoms with Crippen molar-refractivity contribution in [3.8, 4) is 0 Å². The smallest absolute Gasteiger partial charge is 0.0664 e. The van der Waals surface area contributed by atoms with Gasteiger partial charge in [0.25, 0.3) is 0 Å². The van der Waals surface area contributed by atoms with Gasteiger partial charge in [-0.25, -0.2) is 0 Å². The Balaban J connectivity index is 2.39. The van der Waals surface area contributed by atoms with Crippen LogP contribution in [0.4, 0.5) is 5.69 Å². The van der Waals surface area contributed by atoms with Gasteiger partial charge in [0.1, 0.15) is 0 Å². The SMILES string of the molecule is Cc1ccc(N(C)C(CN)c2ccccc2C)c(C)c1. The van der Waals surface area contributed by atoms with Crippen molar-refractivity contribution in [3.05, 3.63) is 64.7 Å². The minimum absolute atomic E-state index is 0.206. The fourth-order valence-electron chi connectivity index (χ4n) is 2.82. The zero-order valence-corrected chi connectivity index (χ0v) is 12.9. The van der Waals surface area contributed by atoms with Crippen molar-refractivity contribution < 1.29 is 0 Å². The lowest BCUT2D eigenvalue weighted by Crippen LogP contribution is -2.31. The van der Waals surface area contributed by atoms with Crippen LogP contribution in [0.15, 0.2) is 42.5 Å². The van der Waals surface area contributed by atoms with E-state index in [1.54, 1.807) is 0 Å². The standard InChI is InChI=1S/C18H24N2/c1-13-9-10-17(15(3)11-13)20(4)18(12-19)16-8-6-5-7-14(16)2/h5-11,18H,12,19H2,1-4H3. The van der Waals surface area contributed by atoms with Crippen molar-refractivity contribution in [2.75, 3.05) is 18.5 Å². The topological polar surface area (TPSA) is 29.3 Å². The van der Waals surface area contributed by atoms with E-state index in [2.05, 4.69) is 75.2 Å². The van der Waals surface area contributed by atoms with Gasteiger partial charge in [-0.2, -0.15) is 0 Å². The summed E-state index contributed by atoms with van der Waals surface area (Å²) in [5, 5.41) is 0. The van der Waals surface area contributed by atoms with E-state index in [0.29, 0.717) is 6.54 Å². The molecule has 0 aliphatic rings. The molecule has 2 rings (SSSR count). The third-order valence-corrected chi connectivity index (χ3v) is 3.97. The van der Waals surface area contributed by atoms with Gasteiger partial charge in [-0.15, -0.1) is 0 Å². The Labute approximate surface area is 122 Å². The molecule has 2 N–H and O–H groups in total. The largest absolute Gasteiger partial charge is 0.366 e. The molecule has 0 saturated heterocycles. The van der Waals surface area contributed by atoms with Gasteiger partial charge in [-0.3, -0.25) is 0 Å². The Hall–Kier alpha value is -1.80. The molecule has 1 unspecified atom stereocenters. The molecule has 2 heteroatoms. The van der Waals surface area contributed by atoms with Crippen molar-refractivity contribution in [3.63, 3.8) is 0 Å². The van der Waals surface area contributed by atoms with E-state index < -0.39 is 0 Å². The molecule has 0 fully saturated rings. The first-order valence-corrected chi connectivity index (χ1v) is 7.10. The molecule has 2 aromatic rings. The number of likely N-dealkylation sites (N-methyl/N-ethyl adjacent to an activating group) is 1. The molecule has 0 heterocycles. The highest BCUT2D eigenvalue weighted by Crippen LogP contribution is 2.29. The highest BCUT2D eigenvalue weighted by atomic mass is 15.1. The predicted octanol–water partition coefficient (Wildman–Crippen LogP) is 3.75. The van der Waals surface area contributed by atoms with E-state index in [9.17, 15) is 0 Å². The maximum atomic E-state index is 6.05. The van der Waals surface area contributed by atoms with Crippen LogP contribution in [0.25, 0.3) is 0 Å². The van der Waals surface area contributed by atoms with E-state index >= 15 is 0 Å². The summed E-state index contributed by atoms with van der Waals surface area (Å²) in [7, 11) is 2.13. The summed E-state index contributed by atoms with van der Waals surface area (Å²) in [4.78, 5) is 2.29. The molecule has 106 valence electrons. The Morgan fingerprint density at radius 3 is 2.30 bits per heavy atom. The summed E-state index contributed by atoms with van der Waals surface area (Å²) < 4.78 is 0. The predicted molar refractivity (Wildman–Crippen MR) is 87.3 cm³/mol. The Kier molecular flexibility index (Phi) is 4.46. The molecule has 0 radical (unpaired) electrons. The molecule has 0 aromatic heterocycles. The Morgan fingerprint density at radius 1 is 1.00 bits per heavy atom. The lowest BCUT2D eigenvalue weighted by atomic mass is 9.99. The molecule has 0 bridgehead atoms. The van der Waals surface area contributed by atoms with Gasteiger partial charge in [-0.1, -0.05) is 42.0 Å². The van der Waals surface area contributed by atoms with E-state index in [1.807, 2.05) is 0 Å². The fraction of sp³-hybridized carbons (Fsp3) is 0.333. The lowest BCUT2D eigenvalue weighted by Gasteiger charge is -2.32. The van der Waals surface area contributed by atoms with Crippen LogP contribution in [0, 0.1) is 20.8 Å². The zero-order chi connectivity index (χ0) is 14.7. The number of hydrogen-bond acceptors (Lipinski definition) is 2. The van der Waals surface area contributed by atoms with E-state index in [-0.39, 0.29) is 6.04 Å². The second kappa shape index (κ2) is 6.10. The van der Waals surface area contributed by atoms with Crippen molar-refractivity contribution in [2.24, 2.45) is 5.73 Å². The first-order chi connectivity index (χ1) is 9.54. The number of rotatable bonds is 4. The summed E-state index contributed by atoms with van der Waals surface area (Å²) in [6.07, 6.45) is 0. The van der Waals surface area contributed by atoms with Crippen molar-refractivity contribution in [2.45, 2.75) is 26.8 Å². The maximum absolute atomic E-state index is 6.05. The molecular formula is C18H24N2. The Morgan fingerprint density at radius 2 is 1.70 bits per heavy atom. The second-order valence-corrected chi connectivity index (χ2v) is 5.51. The van der Waals surface area contributed by atoms with Gasteiger partial charge in [0.2, 0.25) is 0 Å². The summed E-state index contributed by atoms with van der Waals surface area (Å²) >= 11 is 0. The average Bonchev–Trinajstić information content (AvgIpc) is 2.41. The zero-order valence-electron chi connectivity index (χ0n) is 12.9. The van der Waals surface area contributed by atoms with Gasteiger partial charge in [0, 0.05) is 19.3 Å². The molecule has 2 nitrogen and oxygen atoms in total. The van der Waals surface area contributed by atoms with Crippen LogP contribution in [0.1, 0.15) is 28.3 Å². The maximum Gasteiger partial charge on any atom is 0.0664 e. The van der Waals surface area contributed by atoms with Crippen molar-refractivity contribution in [1.82, 2.24) is 0 Å². The summed E-state index contributed by atoms with van der Waals surface area (Å²) in [5.41, 5.74) is 12.5. The first-order valence-electron chi connectivity index (χ1n) is 7.10. The Bertz CT molecular complexity index is 590. The number of hydrogen-bond donors (Lipinski definition) is 1. The van der Waals surface area contributed by atoms with E-state index in [1.165, 1.54) is 27.9 Å². The van der Waals surface area contributed by atoms with Crippen LogP contribution in [-0.2, 0) is 0 Å². The van der Waals surface area contributed by atoms with E-state index in [4.69, 9.17) is 5.73 Å². The minimum Gasteiger partial charge on any atom is -0.366 e. The second-order valence-electron chi connectivity index (χ2n) is 5.51. The molecule has 0 saturated carbocycles. The highest BCUT2D eigenvalue weighted by molar-refractivity contribution is 5.56. The minimum atomic E-state index is 0.206. The molecule has 0 aliphatic carbocycles. The molecule has 2 aromatic carbocycles. The van der Waals surface area contributed by atoms with Crippen LogP contribution in [0.2, 0.25) is 0 Å². The van der Waals surface area contributed by atoms with Gasteiger partial charge < -0.3 is 10.6 Å². The quantitative estimate of drug-likeness (QED) is 0.915. The van der Waals surface area contributed by atoms with Crippen LogP contribution in [-0.4, -0.2) is 13.6 Å². The van der Waals surface area contributed by atoms with Crippen LogP contribution in [0.5, 0.6) is 0 Å². The van der Waals surface area contributed by atoms with Crippen molar-refractivity contribution >= 4 is 5.69 Å². The van der Waals surface area contributed by atoms with E-state index in [0.717, 1.165) is 0 Å². The molecular weight excluding hydrogens is 244 g/mol. The number of aryl methyl sites for hydroxylation is 3. The molecule has 0 amide bonds. The number of benzene rings is 2. The normalized spacial score (nSPS) is 12.2. The monoisotopic (exact) mass is 268 g/mol. The highest BCUT2D eigenvalue weighted by Gasteiger charge is 2.18. The lowest BCUT2D eigenvalue weighted by molar-refractivity contribution is 0.675. The van der Waals surface area contributed by atoms with Gasteiger partial charge >= 0.3 is 0 Å². The third-order valence-electron chi connectivity index (χ3n) is 3.97. The van der Waals surface area contributed by atoms with Gasteiger partial charge in [-0.05, 0) is 43.5 Å². The average molecular weight is 268 g/mol. The van der Waals surface area contributed by atoms with Crippen LogP contribution >= 0.6 is 0 Å². The molecule has 0 aliphatic heterocycles. The van der Waals surface area contributed by atoms with Crippen molar-refractivity contribution in [1.29, 1.82) is 0 Å². The third kappa shape index (κ3) is 2.86. The molecule has 1 atom stereocenters. The summed E-state index contributed by atoms with van der Waals surface area (Å²) in [6, 6.07) is 15.2. The summed E-state index contributed by atoms with van der Waals surface area (Å²) in [6.45, 7) is 7.03. The number of nitrogens with zero attached hydrogens (tertiary/aromatic N) is 1.